The Labute approximate surface area is 199 Å². The van der Waals surface area contributed by atoms with Crippen molar-refractivity contribution in [3.63, 3.8) is 0 Å². The molecule has 0 aliphatic heterocycles. The summed E-state index contributed by atoms with van der Waals surface area (Å²) in [5.41, 5.74) is 1.40. The lowest BCUT2D eigenvalue weighted by molar-refractivity contribution is -0.384. The molecule has 0 spiro atoms. The van der Waals surface area contributed by atoms with Crippen molar-refractivity contribution in [2.75, 3.05) is 11.9 Å². The van der Waals surface area contributed by atoms with E-state index in [2.05, 4.69) is 5.32 Å². The zero-order valence-corrected chi connectivity index (χ0v) is 19.4. The molecule has 10 heteroatoms. The van der Waals surface area contributed by atoms with Gasteiger partial charge in [0, 0.05) is 17.0 Å². The molecule has 178 valence electrons. The summed E-state index contributed by atoms with van der Waals surface area (Å²) in [6, 6.07) is 8.83. The van der Waals surface area contributed by atoms with Gasteiger partial charge in [-0.1, -0.05) is 6.92 Å². The van der Waals surface area contributed by atoms with Gasteiger partial charge in [0.1, 0.15) is 23.1 Å². The molecule has 34 heavy (non-hydrogen) atoms. The van der Waals surface area contributed by atoms with Crippen molar-refractivity contribution in [1.29, 1.82) is 0 Å². The fourth-order valence-corrected chi connectivity index (χ4v) is 4.97. The van der Waals surface area contributed by atoms with Crippen LogP contribution in [0.5, 0.6) is 5.75 Å². The van der Waals surface area contributed by atoms with Crippen LogP contribution >= 0.6 is 11.3 Å². The van der Waals surface area contributed by atoms with Crippen LogP contribution in [0.1, 0.15) is 63.3 Å². The van der Waals surface area contributed by atoms with Crippen molar-refractivity contribution in [3.8, 4) is 5.75 Å². The summed E-state index contributed by atoms with van der Waals surface area (Å²) in [6.45, 7) is 2.30. The van der Waals surface area contributed by atoms with Crippen LogP contribution in [-0.2, 0) is 24.2 Å². The Balaban J connectivity index is 1.44. The first-order chi connectivity index (χ1) is 16.5. The fraction of sp³-hybridized carbons (Fsp3) is 0.333. The molecule has 1 aromatic carbocycles. The maximum atomic E-state index is 12.8. The summed E-state index contributed by atoms with van der Waals surface area (Å²) >= 11 is 1.42. The first-order valence-corrected chi connectivity index (χ1v) is 11.9. The SMILES string of the molecule is CCCOC(=O)c1c(NC(=O)c2ccc(COc3ccc([N+](=O)[O-])cc3)o2)sc2c1CCCC2. The molecular weight excluding hydrogens is 460 g/mol. The number of carbonyl (C=O) groups is 2. The zero-order valence-electron chi connectivity index (χ0n) is 18.6. The molecule has 2 aromatic heterocycles. The molecule has 3 aromatic rings. The van der Waals surface area contributed by atoms with Gasteiger partial charge in [-0.3, -0.25) is 14.9 Å². The number of fused-ring (bicyclic) bond motifs is 1. The van der Waals surface area contributed by atoms with E-state index in [1.54, 1.807) is 6.07 Å². The molecule has 0 bridgehead atoms. The number of rotatable bonds is 9. The highest BCUT2D eigenvalue weighted by atomic mass is 32.1. The van der Waals surface area contributed by atoms with Gasteiger partial charge < -0.3 is 19.2 Å². The van der Waals surface area contributed by atoms with Crippen LogP contribution < -0.4 is 10.1 Å². The predicted octanol–water partition coefficient (Wildman–Crippen LogP) is 5.53. The van der Waals surface area contributed by atoms with E-state index >= 15 is 0 Å². The second-order valence-corrected chi connectivity index (χ2v) is 8.92. The van der Waals surface area contributed by atoms with E-state index in [9.17, 15) is 19.7 Å². The highest BCUT2D eigenvalue weighted by molar-refractivity contribution is 7.17. The minimum Gasteiger partial charge on any atom is -0.486 e. The first kappa shape index (κ1) is 23.5. The van der Waals surface area contributed by atoms with Crippen molar-refractivity contribution in [1.82, 2.24) is 0 Å². The van der Waals surface area contributed by atoms with E-state index in [0.29, 0.717) is 28.7 Å². The smallest absolute Gasteiger partial charge is 0.341 e. The maximum absolute atomic E-state index is 12.8. The summed E-state index contributed by atoms with van der Waals surface area (Å²) in [5.74, 6) is 0.0587. The Hall–Kier alpha value is -3.66. The van der Waals surface area contributed by atoms with Gasteiger partial charge >= 0.3 is 5.97 Å². The standard InChI is InChI=1S/C24H24N2O7S/c1-2-13-31-24(28)21-18-5-3-4-6-20(18)34-23(21)25-22(27)19-12-11-17(33-19)14-32-16-9-7-15(8-10-16)26(29)30/h7-12H,2-6,13-14H2,1H3,(H,25,27). The number of non-ortho nitro benzene ring substituents is 1. The summed E-state index contributed by atoms with van der Waals surface area (Å²) in [6.07, 6.45) is 4.46. The number of aryl methyl sites for hydroxylation is 1. The second-order valence-electron chi connectivity index (χ2n) is 7.81. The molecule has 9 nitrogen and oxygen atoms in total. The van der Waals surface area contributed by atoms with Gasteiger partial charge in [-0.25, -0.2) is 4.79 Å². The molecule has 4 rings (SSSR count). The summed E-state index contributed by atoms with van der Waals surface area (Å²) in [4.78, 5) is 36.9. The zero-order chi connectivity index (χ0) is 24.1. The largest absolute Gasteiger partial charge is 0.486 e. The number of hydrogen-bond donors (Lipinski definition) is 1. The number of ether oxygens (including phenoxy) is 2. The number of nitrogens with one attached hydrogen (secondary N) is 1. The van der Waals surface area contributed by atoms with Crippen molar-refractivity contribution >= 4 is 33.9 Å². The van der Waals surface area contributed by atoms with Crippen LogP contribution in [0.3, 0.4) is 0 Å². The number of nitro groups is 1. The quantitative estimate of drug-likeness (QED) is 0.241. The third kappa shape index (κ3) is 5.28. The Morgan fingerprint density at radius 2 is 1.91 bits per heavy atom. The molecule has 1 aliphatic rings. The van der Waals surface area contributed by atoms with Gasteiger partial charge in [0.2, 0.25) is 0 Å². The number of furan rings is 1. The van der Waals surface area contributed by atoms with Crippen LogP contribution in [0, 0.1) is 10.1 Å². The number of amides is 1. The van der Waals surface area contributed by atoms with Gasteiger partial charge in [0.25, 0.3) is 11.6 Å². The van der Waals surface area contributed by atoms with Crippen LogP contribution in [0.25, 0.3) is 0 Å². The van der Waals surface area contributed by atoms with Gasteiger partial charge in [-0.2, -0.15) is 0 Å². The third-order valence-corrected chi connectivity index (χ3v) is 6.56. The van der Waals surface area contributed by atoms with Crippen LogP contribution in [0.4, 0.5) is 10.7 Å². The Morgan fingerprint density at radius 1 is 1.15 bits per heavy atom. The number of nitrogens with zero attached hydrogens (tertiary/aromatic N) is 1. The third-order valence-electron chi connectivity index (χ3n) is 5.35. The van der Waals surface area contributed by atoms with Gasteiger partial charge in [0.05, 0.1) is 17.1 Å². The van der Waals surface area contributed by atoms with Crippen molar-refractivity contribution in [3.05, 3.63) is 74.0 Å². The molecule has 0 atom stereocenters. The van der Waals surface area contributed by atoms with E-state index in [1.165, 1.54) is 41.7 Å². The van der Waals surface area contributed by atoms with Crippen molar-refractivity contribution < 1.29 is 28.4 Å². The number of benzene rings is 1. The van der Waals surface area contributed by atoms with E-state index in [0.717, 1.165) is 42.5 Å². The topological polar surface area (TPSA) is 121 Å². The second kappa shape index (κ2) is 10.5. The van der Waals surface area contributed by atoms with E-state index in [-0.39, 0.29) is 18.1 Å². The fourth-order valence-electron chi connectivity index (χ4n) is 3.70. The van der Waals surface area contributed by atoms with E-state index in [4.69, 9.17) is 13.9 Å². The maximum Gasteiger partial charge on any atom is 0.341 e. The lowest BCUT2D eigenvalue weighted by atomic mass is 9.95. The molecule has 0 saturated carbocycles. The normalized spacial score (nSPS) is 12.6. The number of hydrogen-bond acceptors (Lipinski definition) is 8. The summed E-state index contributed by atoms with van der Waals surface area (Å²) in [5, 5.41) is 14.0. The molecule has 2 heterocycles. The van der Waals surface area contributed by atoms with E-state index in [1.807, 2.05) is 6.92 Å². The lowest BCUT2D eigenvalue weighted by Gasteiger charge is -2.12. The lowest BCUT2D eigenvalue weighted by Crippen LogP contribution is -2.15. The summed E-state index contributed by atoms with van der Waals surface area (Å²) in [7, 11) is 0. The Morgan fingerprint density at radius 3 is 2.65 bits per heavy atom. The van der Waals surface area contributed by atoms with Crippen molar-refractivity contribution in [2.24, 2.45) is 0 Å². The first-order valence-electron chi connectivity index (χ1n) is 11.0. The molecule has 0 fully saturated rings. The van der Waals surface area contributed by atoms with Crippen LogP contribution in [0.15, 0.2) is 40.8 Å². The molecule has 0 saturated heterocycles. The number of esters is 1. The van der Waals surface area contributed by atoms with E-state index < -0.39 is 16.8 Å². The molecule has 0 unspecified atom stereocenters. The number of nitro benzene ring substituents is 1. The average Bonchev–Trinajstić information content (AvgIpc) is 3.46. The highest BCUT2D eigenvalue weighted by Crippen LogP contribution is 2.39. The number of anilines is 1. The minimum atomic E-state index is -0.486. The van der Waals surface area contributed by atoms with Gasteiger partial charge in [-0.15, -0.1) is 11.3 Å². The van der Waals surface area contributed by atoms with Crippen LogP contribution in [0.2, 0.25) is 0 Å². The minimum absolute atomic E-state index is 0.0301. The molecule has 1 N–H and O–H groups in total. The summed E-state index contributed by atoms with van der Waals surface area (Å²) < 4.78 is 16.6. The average molecular weight is 485 g/mol. The van der Waals surface area contributed by atoms with Crippen LogP contribution in [-0.4, -0.2) is 23.4 Å². The Kier molecular flexibility index (Phi) is 7.27. The molecule has 1 aliphatic carbocycles. The predicted molar refractivity (Wildman–Crippen MR) is 126 cm³/mol. The monoisotopic (exact) mass is 484 g/mol. The van der Waals surface area contributed by atoms with Gasteiger partial charge in [-0.05, 0) is 61.9 Å². The number of carbonyl (C=O) groups excluding carboxylic acids is 2. The molecular formula is C24H24N2O7S. The van der Waals surface area contributed by atoms with Gasteiger partial charge in [0.15, 0.2) is 5.76 Å². The molecule has 1 amide bonds. The Bertz CT molecular complexity index is 1200. The molecule has 0 radical (unpaired) electrons. The van der Waals surface area contributed by atoms with Crippen molar-refractivity contribution in [2.45, 2.75) is 45.6 Å². The highest BCUT2D eigenvalue weighted by Gasteiger charge is 2.28. The number of thiophene rings is 1.